The molecular weight excluding hydrogens is 396 g/mol. The highest BCUT2D eigenvalue weighted by Crippen LogP contribution is 2.29. The molecule has 0 aliphatic carbocycles. The van der Waals surface area contributed by atoms with Crippen molar-refractivity contribution in [3.05, 3.63) is 41.0 Å². The molecule has 3 atom stereocenters. The maximum Gasteiger partial charge on any atom is 0.223 e. The highest BCUT2D eigenvalue weighted by molar-refractivity contribution is 7.13. The summed E-state index contributed by atoms with van der Waals surface area (Å²) in [4.78, 5) is 33.0. The molecule has 0 spiro atoms. The van der Waals surface area contributed by atoms with E-state index < -0.39 is 12.1 Å². The zero-order valence-electron chi connectivity index (χ0n) is 18.5. The number of benzene rings is 1. The molecule has 162 valence electrons. The van der Waals surface area contributed by atoms with Crippen molar-refractivity contribution in [1.29, 1.82) is 0 Å². The van der Waals surface area contributed by atoms with Crippen molar-refractivity contribution in [3.8, 4) is 10.4 Å². The van der Waals surface area contributed by atoms with Crippen LogP contribution in [0.5, 0.6) is 0 Å². The fourth-order valence-electron chi connectivity index (χ4n) is 4.07. The first-order valence-corrected chi connectivity index (χ1v) is 11.4. The number of β-amino-alcohol motifs (C(OH)–C–C–N with tert-alkyl or cyclic N) is 1. The SMILES string of the molecule is Cc1ncsc1-c1ccc(C[C@@H](C)C(=O)C2CC(O)CN2C(=O)CC(C)(C)C)cc1. The number of Topliss-reactive ketones (excluding diaryl/α,β-unsaturated/α-hetero) is 1. The largest absolute Gasteiger partial charge is 0.391 e. The lowest BCUT2D eigenvalue weighted by atomic mass is 9.89. The van der Waals surface area contributed by atoms with Crippen LogP contribution in [0.4, 0.5) is 0 Å². The van der Waals surface area contributed by atoms with Gasteiger partial charge in [0.1, 0.15) is 0 Å². The number of thiazole rings is 1. The second-order valence-corrected chi connectivity index (χ2v) is 10.5. The first kappa shape index (κ1) is 22.6. The van der Waals surface area contributed by atoms with Crippen LogP contribution in [0.2, 0.25) is 0 Å². The Balaban J connectivity index is 1.67. The summed E-state index contributed by atoms with van der Waals surface area (Å²) >= 11 is 1.62. The number of hydrogen-bond donors (Lipinski definition) is 1. The normalized spacial score (nSPS) is 20.4. The molecule has 1 aliphatic rings. The van der Waals surface area contributed by atoms with Gasteiger partial charge in [-0.15, -0.1) is 11.3 Å². The second-order valence-electron chi connectivity index (χ2n) is 9.66. The number of amides is 1. The molecule has 0 saturated carbocycles. The molecule has 1 fully saturated rings. The molecule has 1 aromatic heterocycles. The number of hydrogen-bond acceptors (Lipinski definition) is 5. The molecule has 6 heteroatoms. The van der Waals surface area contributed by atoms with E-state index in [-0.39, 0.29) is 29.6 Å². The number of rotatable bonds is 6. The standard InChI is InChI=1S/C24H32N2O3S/c1-15(10-17-6-8-18(9-7-17)23-16(2)25-14-30-23)22(29)20-11-19(27)13-26(20)21(28)12-24(3,4)5/h6-9,14-15,19-20,27H,10-13H2,1-5H3/t15-,19?,20?/m1/s1. The fourth-order valence-corrected chi connectivity index (χ4v) is 4.88. The summed E-state index contributed by atoms with van der Waals surface area (Å²) in [6.07, 6.45) is 0.699. The van der Waals surface area contributed by atoms with Crippen molar-refractivity contribution >= 4 is 23.0 Å². The Bertz CT molecular complexity index is 898. The van der Waals surface area contributed by atoms with Crippen molar-refractivity contribution in [2.75, 3.05) is 6.54 Å². The molecule has 0 radical (unpaired) electrons. The van der Waals surface area contributed by atoms with Crippen LogP contribution in [0.15, 0.2) is 29.8 Å². The molecule has 2 unspecified atom stereocenters. The van der Waals surface area contributed by atoms with Gasteiger partial charge >= 0.3 is 0 Å². The lowest BCUT2D eigenvalue weighted by Crippen LogP contribution is -2.44. The third-order valence-corrected chi connectivity index (χ3v) is 6.58. The minimum absolute atomic E-state index is 0.0381. The maximum absolute atomic E-state index is 13.2. The molecule has 1 aliphatic heterocycles. The number of aliphatic hydroxyl groups excluding tert-OH is 1. The zero-order valence-corrected chi connectivity index (χ0v) is 19.3. The third kappa shape index (κ3) is 5.35. The number of nitrogens with zero attached hydrogens (tertiary/aromatic N) is 2. The molecule has 1 N–H and O–H groups in total. The van der Waals surface area contributed by atoms with Crippen molar-refractivity contribution in [2.45, 2.75) is 66.0 Å². The molecule has 30 heavy (non-hydrogen) atoms. The number of aliphatic hydroxyl groups is 1. The number of ketones is 1. The Morgan fingerprint density at radius 2 is 1.93 bits per heavy atom. The molecular formula is C24H32N2O3S. The van der Waals surface area contributed by atoms with Gasteiger partial charge in [0.15, 0.2) is 5.78 Å². The summed E-state index contributed by atoms with van der Waals surface area (Å²) in [7, 11) is 0. The number of carbonyl (C=O) groups excluding carboxylic acids is 2. The van der Waals surface area contributed by atoms with Crippen LogP contribution in [-0.4, -0.2) is 45.4 Å². The summed E-state index contributed by atoms with van der Waals surface area (Å²) in [6.45, 7) is 10.2. The molecule has 1 saturated heterocycles. The number of carbonyl (C=O) groups is 2. The van der Waals surface area contributed by atoms with Crippen molar-refractivity contribution in [3.63, 3.8) is 0 Å². The highest BCUT2D eigenvalue weighted by Gasteiger charge is 2.40. The molecule has 1 amide bonds. The van der Waals surface area contributed by atoms with Gasteiger partial charge in [0.05, 0.1) is 28.2 Å². The van der Waals surface area contributed by atoms with E-state index in [1.807, 2.05) is 40.1 Å². The van der Waals surface area contributed by atoms with E-state index >= 15 is 0 Å². The quantitative estimate of drug-likeness (QED) is 0.746. The van der Waals surface area contributed by atoms with E-state index in [4.69, 9.17) is 0 Å². The smallest absolute Gasteiger partial charge is 0.223 e. The second kappa shape index (κ2) is 8.98. The van der Waals surface area contributed by atoms with Gasteiger partial charge in [0.25, 0.3) is 0 Å². The van der Waals surface area contributed by atoms with Crippen molar-refractivity contribution in [2.24, 2.45) is 11.3 Å². The Labute approximate surface area is 183 Å². The minimum atomic E-state index is -0.628. The van der Waals surface area contributed by atoms with Gasteiger partial charge in [-0.3, -0.25) is 9.59 Å². The van der Waals surface area contributed by atoms with Crippen LogP contribution in [0.1, 0.15) is 51.8 Å². The Kier molecular flexibility index (Phi) is 6.78. The highest BCUT2D eigenvalue weighted by atomic mass is 32.1. The van der Waals surface area contributed by atoms with Crippen LogP contribution in [-0.2, 0) is 16.0 Å². The van der Waals surface area contributed by atoms with Gasteiger partial charge in [-0.05, 0) is 29.9 Å². The Morgan fingerprint density at radius 3 is 2.50 bits per heavy atom. The third-order valence-electron chi connectivity index (χ3n) is 5.60. The monoisotopic (exact) mass is 428 g/mol. The van der Waals surface area contributed by atoms with E-state index in [1.54, 1.807) is 16.2 Å². The maximum atomic E-state index is 13.2. The van der Waals surface area contributed by atoms with E-state index in [9.17, 15) is 14.7 Å². The van der Waals surface area contributed by atoms with Crippen LogP contribution in [0, 0.1) is 18.3 Å². The van der Waals surface area contributed by atoms with Gasteiger partial charge in [0.2, 0.25) is 5.91 Å². The molecule has 2 aromatic rings. The molecule has 5 nitrogen and oxygen atoms in total. The summed E-state index contributed by atoms with van der Waals surface area (Å²) in [5, 5.41) is 10.1. The number of aryl methyl sites for hydroxylation is 1. The predicted octanol–water partition coefficient (Wildman–Crippen LogP) is 4.26. The van der Waals surface area contributed by atoms with Crippen molar-refractivity contribution < 1.29 is 14.7 Å². The van der Waals surface area contributed by atoms with Crippen LogP contribution >= 0.6 is 11.3 Å². The van der Waals surface area contributed by atoms with Gasteiger partial charge < -0.3 is 10.0 Å². The molecule has 0 bridgehead atoms. The molecule has 2 heterocycles. The zero-order chi connectivity index (χ0) is 22.1. The van der Waals surface area contributed by atoms with Gasteiger partial charge in [-0.1, -0.05) is 52.0 Å². The Morgan fingerprint density at radius 1 is 1.27 bits per heavy atom. The first-order chi connectivity index (χ1) is 14.0. The average Bonchev–Trinajstić information content (AvgIpc) is 3.26. The Hall–Kier alpha value is -2.05. The number of likely N-dealkylation sites (tertiary alicyclic amines) is 1. The van der Waals surface area contributed by atoms with Gasteiger partial charge in [0, 0.05) is 25.3 Å². The lowest BCUT2D eigenvalue weighted by Gasteiger charge is -2.28. The fraction of sp³-hybridized carbons (Fsp3) is 0.542. The molecule has 3 rings (SSSR count). The summed E-state index contributed by atoms with van der Waals surface area (Å²) < 4.78 is 0. The van der Waals surface area contributed by atoms with Crippen LogP contribution in [0.3, 0.4) is 0 Å². The van der Waals surface area contributed by atoms with Crippen molar-refractivity contribution in [1.82, 2.24) is 9.88 Å². The van der Waals surface area contributed by atoms with E-state index in [1.165, 1.54) is 4.88 Å². The average molecular weight is 429 g/mol. The summed E-state index contributed by atoms with van der Waals surface area (Å²) in [5.74, 6) is -0.230. The predicted molar refractivity (Wildman–Crippen MR) is 120 cm³/mol. The minimum Gasteiger partial charge on any atom is -0.391 e. The molecule has 1 aromatic carbocycles. The van der Waals surface area contributed by atoms with E-state index in [2.05, 4.69) is 29.2 Å². The summed E-state index contributed by atoms with van der Waals surface area (Å²) in [5.41, 5.74) is 4.95. The van der Waals surface area contributed by atoms with E-state index in [0.29, 0.717) is 19.3 Å². The topological polar surface area (TPSA) is 70.5 Å². The van der Waals surface area contributed by atoms with Gasteiger partial charge in [-0.25, -0.2) is 4.98 Å². The lowest BCUT2D eigenvalue weighted by molar-refractivity contribution is -0.140. The van der Waals surface area contributed by atoms with Gasteiger partial charge in [-0.2, -0.15) is 0 Å². The van der Waals surface area contributed by atoms with Crippen LogP contribution < -0.4 is 0 Å². The summed E-state index contributed by atoms with van der Waals surface area (Å²) in [6, 6.07) is 7.75. The number of aromatic nitrogens is 1. The van der Waals surface area contributed by atoms with E-state index in [0.717, 1.165) is 16.8 Å². The first-order valence-electron chi connectivity index (χ1n) is 10.6. The van der Waals surface area contributed by atoms with Crippen LogP contribution in [0.25, 0.3) is 10.4 Å².